The van der Waals surface area contributed by atoms with Crippen LogP contribution in [0.15, 0.2) is 41.3 Å². The van der Waals surface area contributed by atoms with Gasteiger partial charge in [0.1, 0.15) is 5.75 Å². The number of rotatable bonds is 5. The van der Waals surface area contributed by atoms with E-state index in [0.29, 0.717) is 22.6 Å². The maximum atomic E-state index is 12.9. The van der Waals surface area contributed by atoms with Gasteiger partial charge in [0.2, 0.25) is 5.91 Å². The molecule has 2 aromatic rings. The number of nitrogens with zero attached hydrogens (tertiary/aromatic N) is 1. The molecule has 27 heavy (non-hydrogen) atoms. The summed E-state index contributed by atoms with van der Waals surface area (Å²) in [6.07, 6.45) is 0. The van der Waals surface area contributed by atoms with E-state index in [1.165, 1.54) is 25.6 Å². The summed E-state index contributed by atoms with van der Waals surface area (Å²) in [7, 11) is 1.56. The van der Waals surface area contributed by atoms with Gasteiger partial charge in [0, 0.05) is 21.6 Å². The lowest BCUT2D eigenvalue weighted by Crippen LogP contribution is -2.39. The van der Waals surface area contributed by atoms with Crippen molar-refractivity contribution >= 4 is 34.9 Å². The fourth-order valence-electron chi connectivity index (χ4n) is 3.08. The van der Waals surface area contributed by atoms with E-state index in [1.54, 1.807) is 42.3 Å². The molecule has 140 valence electrons. The number of anilines is 1. The molecule has 0 N–H and O–H groups in total. The number of carbonyl (C=O) groups excluding carboxylic acids is 3. The highest BCUT2D eigenvalue weighted by molar-refractivity contribution is 8.01. The third-order valence-corrected chi connectivity index (χ3v) is 5.74. The second-order valence-corrected chi connectivity index (χ2v) is 7.89. The Hall–Kier alpha value is -2.60. The van der Waals surface area contributed by atoms with Crippen LogP contribution in [0, 0.1) is 0 Å². The predicted octanol–water partition coefficient (Wildman–Crippen LogP) is 4.13. The van der Waals surface area contributed by atoms with Crippen molar-refractivity contribution in [1.82, 2.24) is 0 Å². The van der Waals surface area contributed by atoms with Gasteiger partial charge >= 0.3 is 0 Å². The first kappa shape index (κ1) is 19.2. The molecule has 1 aliphatic heterocycles. The maximum Gasteiger partial charge on any atom is 0.240 e. The molecule has 0 saturated carbocycles. The zero-order valence-corrected chi connectivity index (χ0v) is 16.6. The van der Waals surface area contributed by atoms with Crippen molar-refractivity contribution in [2.75, 3.05) is 12.0 Å². The normalized spacial score (nSPS) is 16.1. The molecule has 0 fully saturated rings. The van der Waals surface area contributed by atoms with Gasteiger partial charge in [-0.25, -0.2) is 0 Å². The zero-order valence-electron chi connectivity index (χ0n) is 15.7. The van der Waals surface area contributed by atoms with E-state index in [1.807, 2.05) is 13.0 Å². The second kappa shape index (κ2) is 7.56. The number of amides is 1. The number of ether oxygens (including phenoxy) is 1. The van der Waals surface area contributed by atoms with Gasteiger partial charge in [-0.3, -0.25) is 14.4 Å². The Kier molecular flexibility index (Phi) is 5.37. The van der Waals surface area contributed by atoms with Crippen LogP contribution < -0.4 is 9.64 Å². The summed E-state index contributed by atoms with van der Waals surface area (Å²) in [6, 6.07) is 10.6. The van der Waals surface area contributed by atoms with Gasteiger partial charge in [-0.15, -0.1) is 11.8 Å². The van der Waals surface area contributed by atoms with Gasteiger partial charge in [0.25, 0.3) is 0 Å². The first-order valence-corrected chi connectivity index (χ1v) is 9.50. The van der Waals surface area contributed by atoms with E-state index < -0.39 is 0 Å². The lowest BCUT2D eigenvalue weighted by atomic mass is 10.0. The Morgan fingerprint density at radius 1 is 1.07 bits per heavy atom. The molecular weight excluding hydrogens is 362 g/mol. The van der Waals surface area contributed by atoms with Gasteiger partial charge in [-0.05, 0) is 51.1 Å². The van der Waals surface area contributed by atoms with Crippen molar-refractivity contribution in [2.24, 2.45) is 0 Å². The number of thioether (sulfide) groups is 1. The molecular formula is C21H21NO4S. The number of hydrogen-bond donors (Lipinski definition) is 0. The van der Waals surface area contributed by atoms with E-state index >= 15 is 0 Å². The van der Waals surface area contributed by atoms with Crippen LogP contribution in [0.2, 0.25) is 0 Å². The summed E-state index contributed by atoms with van der Waals surface area (Å²) < 4.78 is 5.43. The highest BCUT2D eigenvalue weighted by Crippen LogP contribution is 2.41. The van der Waals surface area contributed by atoms with E-state index in [4.69, 9.17) is 4.74 Å². The van der Waals surface area contributed by atoms with Gasteiger partial charge in [-0.2, -0.15) is 0 Å². The fraction of sp³-hybridized carbons (Fsp3) is 0.286. The van der Waals surface area contributed by atoms with Crippen LogP contribution in [-0.2, 0) is 11.3 Å². The molecule has 3 rings (SSSR count). The first-order valence-electron chi connectivity index (χ1n) is 8.62. The summed E-state index contributed by atoms with van der Waals surface area (Å²) in [5, 5.41) is -0.234. The number of fused-ring (bicyclic) bond motifs is 1. The number of hydrogen-bond acceptors (Lipinski definition) is 5. The highest BCUT2D eigenvalue weighted by atomic mass is 32.2. The van der Waals surface area contributed by atoms with E-state index in [9.17, 15) is 14.4 Å². The van der Waals surface area contributed by atoms with Crippen molar-refractivity contribution in [3.05, 3.63) is 53.1 Å². The molecule has 0 spiro atoms. The van der Waals surface area contributed by atoms with Crippen LogP contribution in [0.4, 0.5) is 5.69 Å². The molecule has 1 heterocycles. The average Bonchev–Trinajstić information content (AvgIpc) is 2.64. The quantitative estimate of drug-likeness (QED) is 0.727. The van der Waals surface area contributed by atoms with Crippen LogP contribution >= 0.6 is 11.8 Å². The van der Waals surface area contributed by atoms with Crippen molar-refractivity contribution in [2.45, 2.75) is 37.5 Å². The molecule has 0 aliphatic carbocycles. The molecule has 1 amide bonds. The smallest absolute Gasteiger partial charge is 0.240 e. The Morgan fingerprint density at radius 2 is 1.70 bits per heavy atom. The fourth-order valence-corrected chi connectivity index (χ4v) is 4.13. The summed E-state index contributed by atoms with van der Waals surface area (Å²) in [5.41, 5.74) is 2.59. The largest absolute Gasteiger partial charge is 0.496 e. The molecule has 1 aliphatic rings. The molecule has 0 radical (unpaired) electrons. The highest BCUT2D eigenvalue weighted by Gasteiger charge is 2.31. The number of carbonyl (C=O) groups is 3. The van der Waals surface area contributed by atoms with Gasteiger partial charge in [0.15, 0.2) is 11.6 Å². The first-order chi connectivity index (χ1) is 12.8. The number of benzene rings is 2. The van der Waals surface area contributed by atoms with Crippen LogP contribution in [0.1, 0.15) is 47.1 Å². The molecule has 1 atom stereocenters. The standard InChI is InChI=1S/C21H21NO4S/c1-12(23)15-5-7-19(26-4)17(9-15)11-22-18-10-16(13(2)24)6-8-20(18)27-14(3)21(22)25/h5-10,14H,11H2,1-4H3. The lowest BCUT2D eigenvalue weighted by Gasteiger charge is -2.33. The Balaban J connectivity index is 2.08. The van der Waals surface area contributed by atoms with Crippen molar-refractivity contribution < 1.29 is 19.1 Å². The van der Waals surface area contributed by atoms with E-state index in [2.05, 4.69) is 0 Å². The van der Waals surface area contributed by atoms with Crippen molar-refractivity contribution in [3.8, 4) is 5.75 Å². The van der Waals surface area contributed by atoms with Crippen LogP contribution in [0.5, 0.6) is 5.75 Å². The molecule has 0 saturated heterocycles. The average molecular weight is 383 g/mol. The Labute approximate surface area is 162 Å². The third-order valence-electron chi connectivity index (χ3n) is 4.59. The number of Topliss-reactive ketones (excluding diaryl/α,β-unsaturated/α-hetero) is 2. The minimum absolute atomic E-state index is 0.0384. The third kappa shape index (κ3) is 3.76. The van der Waals surface area contributed by atoms with Gasteiger partial charge in [0.05, 0.1) is 24.6 Å². The monoisotopic (exact) mass is 383 g/mol. The summed E-state index contributed by atoms with van der Waals surface area (Å²) in [4.78, 5) is 39.1. The molecule has 5 nitrogen and oxygen atoms in total. The van der Waals surface area contributed by atoms with Gasteiger partial charge in [-0.1, -0.05) is 6.07 Å². The molecule has 0 aromatic heterocycles. The van der Waals surface area contributed by atoms with E-state index in [-0.39, 0.29) is 29.3 Å². The van der Waals surface area contributed by atoms with Gasteiger partial charge < -0.3 is 9.64 Å². The minimum atomic E-state index is -0.234. The summed E-state index contributed by atoms with van der Waals surface area (Å²) >= 11 is 1.48. The number of ketones is 2. The molecule has 1 unspecified atom stereocenters. The van der Waals surface area contributed by atoms with Crippen LogP contribution in [-0.4, -0.2) is 29.8 Å². The molecule has 2 aromatic carbocycles. The minimum Gasteiger partial charge on any atom is -0.496 e. The van der Waals surface area contributed by atoms with Crippen LogP contribution in [0.25, 0.3) is 0 Å². The van der Waals surface area contributed by atoms with E-state index in [0.717, 1.165) is 10.5 Å². The SMILES string of the molecule is COc1ccc(C(C)=O)cc1CN1C(=O)C(C)Sc2ccc(C(C)=O)cc21. The lowest BCUT2D eigenvalue weighted by molar-refractivity contribution is -0.118. The summed E-state index contributed by atoms with van der Waals surface area (Å²) in [6.45, 7) is 5.14. The van der Waals surface area contributed by atoms with Crippen molar-refractivity contribution in [3.63, 3.8) is 0 Å². The Bertz CT molecular complexity index is 938. The maximum absolute atomic E-state index is 12.9. The summed E-state index contributed by atoms with van der Waals surface area (Å²) in [5.74, 6) is 0.475. The zero-order chi connectivity index (χ0) is 19.7. The molecule has 0 bridgehead atoms. The molecule has 6 heteroatoms. The van der Waals surface area contributed by atoms with Crippen LogP contribution in [0.3, 0.4) is 0 Å². The topological polar surface area (TPSA) is 63.7 Å². The predicted molar refractivity (Wildman–Crippen MR) is 106 cm³/mol. The Morgan fingerprint density at radius 3 is 2.33 bits per heavy atom. The van der Waals surface area contributed by atoms with Crippen molar-refractivity contribution in [1.29, 1.82) is 0 Å². The second-order valence-electron chi connectivity index (χ2n) is 6.51. The number of methoxy groups -OCH3 is 1.